The molecule has 1 aliphatic rings. The van der Waals surface area contributed by atoms with E-state index in [1.165, 1.54) is 0 Å². The van der Waals surface area contributed by atoms with Crippen molar-refractivity contribution < 1.29 is 5.11 Å². The highest BCUT2D eigenvalue weighted by Gasteiger charge is 2.02. The van der Waals surface area contributed by atoms with E-state index in [-0.39, 0.29) is 5.75 Å². The molecule has 1 aromatic carbocycles. The Kier molecular flexibility index (Phi) is 3.40. The van der Waals surface area contributed by atoms with E-state index < -0.39 is 0 Å². The van der Waals surface area contributed by atoms with Crippen LogP contribution in [0.5, 0.6) is 5.75 Å². The first-order valence-corrected chi connectivity index (χ1v) is 5.61. The minimum Gasteiger partial charge on any atom is -0.507 e. The lowest BCUT2D eigenvalue weighted by atomic mass is 10.2. The van der Waals surface area contributed by atoms with Gasteiger partial charge in [0.05, 0.1) is 12.8 Å². The zero-order valence-corrected chi connectivity index (χ0v) is 10.0. The van der Waals surface area contributed by atoms with Crippen LogP contribution in [0.15, 0.2) is 32.8 Å². The lowest BCUT2D eigenvalue weighted by molar-refractivity contribution is 0.474. The van der Waals surface area contributed by atoms with E-state index in [2.05, 4.69) is 36.8 Å². The van der Waals surface area contributed by atoms with Crippen LogP contribution in [0, 0.1) is 0 Å². The maximum atomic E-state index is 9.54. The van der Waals surface area contributed by atoms with E-state index in [9.17, 15) is 5.11 Å². The first kappa shape index (κ1) is 10.9. The predicted octanol–water partition coefficient (Wildman–Crippen LogP) is 1.04. The Morgan fingerprint density at radius 2 is 2.44 bits per heavy atom. The molecule has 0 saturated carbocycles. The maximum Gasteiger partial charge on any atom is 0.212 e. The summed E-state index contributed by atoms with van der Waals surface area (Å²) < 4.78 is 0.892. The molecule has 1 heterocycles. The van der Waals surface area contributed by atoms with Crippen LogP contribution >= 0.6 is 15.9 Å². The van der Waals surface area contributed by atoms with E-state index in [4.69, 9.17) is 0 Å². The quantitative estimate of drug-likeness (QED) is 0.561. The van der Waals surface area contributed by atoms with Gasteiger partial charge in [0, 0.05) is 16.6 Å². The summed E-state index contributed by atoms with van der Waals surface area (Å²) in [5, 5.41) is 16.5. The van der Waals surface area contributed by atoms with Crippen LogP contribution in [0.4, 0.5) is 0 Å². The number of nitrogens with zero attached hydrogens (tertiary/aromatic N) is 2. The normalized spacial score (nSPS) is 14.9. The van der Waals surface area contributed by atoms with Gasteiger partial charge in [0.2, 0.25) is 5.96 Å². The van der Waals surface area contributed by atoms with Crippen LogP contribution in [0.1, 0.15) is 5.56 Å². The number of hydrazone groups is 1. The molecule has 1 aliphatic heterocycles. The molecule has 0 unspecified atom stereocenters. The van der Waals surface area contributed by atoms with Crippen LogP contribution in [-0.4, -0.2) is 30.4 Å². The first-order chi connectivity index (χ1) is 7.75. The molecule has 2 rings (SSSR count). The van der Waals surface area contributed by atoms with Crippen molar-refractivity contribution in [1.82, 2.24) is 10.7 Å². The van der Waals surface area contributed by atoms with Crippen molar-refractivity contribution in [2.24, 2.45) is 10.1 Å². The fourth-order valence-corrected chi connectivity index (χ4v) is 1.64. The Labute approximate surface area is 101 Å². The lowest BCUT2D eigenvalue weighted by Gasteiger charge is -2.01. The Balaban J connectivity index is 2.02. The average Bonchev–Trinajstić information content (AvgIpc) is 2.76. The van der Waals surface area contributed by atoms with Crippen LogP contribution in [-0.2, 0) is 0 Å². The first-order valence-electron chi connectivity index (χ1n) is 4.81. The van der Waals surface area contributed by atoms with Crippen molar-refractivity contribution in [3.63, 3.8) is 0 Å². The van der Waals surface area contributed by atoms with Crippen molar-refractivity contribution in [1.29, 1.82) is 0 Å². The summed E-state index contributed by atoms with van der Waals surface area (Å²) in [6, 6.07) is 5.16. The number of rotatable bonds is 2. The Morgan fingerprint density at radius 1 is 1.56 bits per heavy atom. The fourth-order valence-electron chi connectivity index (χ4n) is 1.26. The lowest BCUT2D eigenvalue weighted by Crippen LogP contribution is -2.30. The minimum atomic E-state index is 0.190. The molecule has 84 valence electrons. The standard InChI is InChI=1S/C10H11BrN4O/c11-8-1-2-9(16)7(5-8)6-14-15-10-12-3-4-13-10/h1-2,5-6,16H,3-4H2,(H2,12,13,15)/b14-6-. The molecule has 0 saturated heterocycles. The Hall–Kier alpha value is -1.56. The van der Waals surface area contributed by atoms with Gasteiger partial charge in [-0.25, -0.2) is 10.4 Å². The number of phenolic OH excluding ortho intramolecular Hbond substituents is 1. The van der Waals surface area contributed by atoms with Gasteiger partial charge in [-0.3, -0.25) is 0 Å². The molecule has 0 fully saturated rings. The highest BCUT2D eigenvalue weighted by atomic mass is 79.9. The molecule has 0 atom stereocenters. The van der Waals surface area contributed by atoms with Crippen molar-refractivity contribution in [2.75, 3.05) is 13.1 Å². The molecule has 16 heavy (non-hydrogen) atoms. The number of benzene rings is 1. The topological polar surface area (TPSA) is 69.0 Å². The molecule has 0 aromatic heterocycles. The van der Waals surface area contributed by atoms with Crippen molar-refractivity contribution >= 4 is 28.1 Å². The van der Waals surface area contributed by atoms with Crippen LogP contribution < -0.4 is 10.7 Å². The second-order valence-corrected chi connectivity index (χ2v) is 4.15. The van der Waals surface area contributed by atoms with Crippen molar-refractivity contribution in [3.05, 3.63) is 28.2 Å². The second kappa shape index (κ2) is 4.98. The number of phenols is 1. The molecule has 0 spiro atoms. The molecule has 1 aromatic rings. The van der Waals surface area contributed by atoms with Gasteiger partial charge in [0.1, 0.15) is 5.75 Å². The predicted molar refractivity (Wildman–Crippen MR) is 66.8 cm³/mol. The van der Waals surface area contributed by atoms with Crippen molar-refractivity contribution in [2.45, 2.75) is 0 Å². The number of halogens is 1. The number of aromatic hydroxyl groups is 1. The highest BCUT2D eigenvalue weighted by molar-refractivity contribution is 9.10. The van der Waals surface area contributed by atoms with E-state index >= 15 is 0 Å². The van der Waals surface area contributed by atoms with Gasteiger partial charge >= 0.3 is 0 Å². The Bertz CT molecular complexity index is 444. The molecule has 0 radical (unpaired) electrons. The fraction of sp³-hybridized carbons (Fsp3) is 0.200. The second-order valence-electron chi connectivity index (χ2n) is 3.23. The average molecular weight is 283 g/mol. The van der Waals surface area contributed by atoms with Crippen LogP contribution in [0.3, 0.4) is 0 Å². The number of nitrogens with one attached hydrogen (secondary N) is 2. The van der Waals surface area contributed by atoms with E-state index in [0.717, 1.165) is 17.6 Å². The maximum absolute atomic E-state index is 9.54. The summed E-state index contributed by atoms with van der Waals surface area (Å²) in [7, 11) is 0. The third-order valence-electron chi connectivity index (χ3n) is 2.04. The summed E-state index contributed by atoms with van der Waals surface area (Å²) >= 11 is 3.33. The monoisotopic (exact) mass is 282 g/mol. The number of hydrogen-bond acceptors (Lipinski definition) is 5. The smallest absolute Gasteiger partial charge is 0.212 e. The number of guanidine groups is 1. The third-order valence-corrected chi connectivity index (χ3v) is 2.53. The summed E-state index contributed by atoms with van der Waals surface area (Å²) in [5.41, 5.74) is 3.40. The molecule has 6 heteroatoms. The summed E-state index contributed by atoms with van der Waals surface area (Å²) in [6.07, 6.45) is 1.54. The number of hydrogen-bond donors (Lipinski definition) is 3. The molecular weight excluding hydrogens is 272 g/mol. The van der Waals surface area contributed by atoms with Gasteiger partial charge in [-0.1, -0.05) is 15.9 Å². The highest BCUT2D eigenvalue weighted by Crippen LogP contribution is 2.19. The number of aliphatic imine (C=N–C) groups is 1. The van der Waals surface area contributed by atoms with E-state index in [1.807, 2.05) is 0 Å². The van der Waals surface area contributed by atoms with Crippen LogP contribution in [0.2, 0.25) is 0 Å². The summed E-state index contributed by atoms with van der Waals surface area (Å²) in [4.78, 5) is 4.12. The van der Waals surface area contributed by atoms with Gasteiger partial charge in [-0.05, 0) is 18.2 Å². The Morgan fingerprint density at radius 3 is 3.19 bits per heavy atom. The van der Waals surface area contributed by atoms with Gasteiger partial charge in [-0.15, -0.1) is 0 Å². The van der Waals surface area contributed by atoms with Crippen LogP contribution in [0.25, 0.3) is 0 Å². The van der Waals surface area contributed by atoms with Gasteiger partial charge in [0.25, 0.3) is 0 Å². The van der Waals surface area contributed by atoms with E-state index in [0.29, 0.717) is 11.5 Å². The molecule has 0 aliphatic carbocycles. The zero-order chi connectivity index (χ0) is 11.4. The van der Waals surface area contributed by atoms with E-state index in [1.54, 1.807) is 24.4 Å². The van der Waals surface area contributed by atoms with Gasteiger partial charge < -0.3 is 10.4 Å². The minimum absolute atomic E-state index is 0.190. The molecule has 0 amide bonds. The van der Waals surface area contributed by atoms with Gasteiger partial charge in [-0.2, -0.15) is 5.10 Å². The SMILES string of the molecule is Oc1ccc(Br)cc1/C=N\NC1=NCCN1. The molecule has 0 bridgehead atoms. The third kappa shape index (κ3) is 2.73. The zero-order valence-electron chi connectivity index (χ0n) is 8.44. The largest absolute Gasteiger partial charge is 0.507 e. The summed E-state index contributed by atoms with van der Waals surface area (Å²) in [6.45, 7) is 1.60. The molecular formula is C10H11BrN4O. The van der Waals surface area contributed by atoms with Crippen molar-refractivity contribution in [3.8, 4) is 5.75 Å². The summed E-state index contributed by atoms with van der Waals surface area (Å²) in [5.74, 6) is 0.848. The molecule has 5 nitrogen and oxygen atoms in total. The molecule has 3 N–H and O–H groups in total. The van der Waals surface area contributed by atoms with Gasteiger partial charge in [0.15, 0.2) is 0 Å².